The van der Waals surface area contributed by atoms with Gasteiger partial charge in [0.1, 0.15) is 6.04 Å². The molecular formula is C15H19N3. The third-order valence-electron chi connectivity index (χ3n) is 3.90. The van der Waals surface area contributed by atoms with Gasteiger partial charge in [-0.05, 0) is 37.8 Å². The summed E-state index contributed by atoms with van der Waals surface area (Å²) in [4.78, 5) is 2.37. The third-order valence-corrected chi connectivity index (χ3v) is 3.90. The average Bonchev–Trinajstić information content (AvgIpc) is 3.13. The number of rotatable bonds is 4. The Labute approximate surface area is 108 Å². The van der Waals surface area contributed by atoms with Gasteiger partial charge in [-0.15, -0.1) is 0 Å². The molecule has 1 aromatic rings. The molecule has 1 aliphatic carbocycles. The summed E-state index contributed by atoms with van der Waals surface area (Å²) in [5.74, 6) is 0. The molecule has 1 fully saturated rings. The Morgan fingerprint density at radius 1 is 1.44 bits per heavy atom. The van der Waals surface area contributed by atoms with Crippen molar-refractivity contribution in [1.29, 1.82) is 5.26 Å². The van der Waals surface area contributed by atoms with Gasteiger partial charge in [0.15, 0.2) is 0 Å². The summed E-state index contributed by atoms with van der Waals surface area (Å²) < 4.78 is 0. The monoisotopic (exact) mass is 241 g/mol. The molecular weight excluding hydrogens is 222 g/mol. The fraction of sp³-hybridized carbons (Fsp3) is 0.533. The standard InChI is InChI=1S/C15H19N3/c1-11-8-12-4-2-3-5-15(12)18(11)10-14(9-16)17-13-6-7-13/h2-5,11,13-14,17H,6-8,10H2,1H3. The van der Waals surface area contributed by atoms with Gasteiger partial charge < -0.3 is 4.90 Å². The first-order valence-electron chi connectivity index (χ1n) is 6.78. The Kier molecular flexibility index (Phi) is 2.97. The Morgan fingerprint density at radius 3 is 2.94 bits per heavy atom. The lowest BCUT2D eigenvalue weighted by atomic mass is 10.1. The maximum atomic E-state index is 9.26. The van der Waals surface area contributed by atoms with E-state index >= 15 is 0 Å². The van der Waals surface area contributed by atoms with Crippen molar-refractivity contribution in [2.45, 2.75) is 44.3 Å². The number of anilines is 1. The van der Waals surface area contributed by atoms with E-state index in [0.29, 0.717) is 12.1 Å². The third kappa shape index (κ3) is 2.21. The van der Waals surface area contributed by atoms with E-state index in [2.05, 4.69) is 47.5 Å². The highest BCUT2D eigenvalue weighted by molar-refractivity contribution is 5.59. The van der Waals surface area contributed by atoms with Crippen LogP contribution in [0.4, 0.5) is 5.69 Å². The molecule has 0 aromatic heterocycles. The highest BCUT2D eigenvalue weighted by atomic mass is 15.2. The number of para-hydroxylation sites is 1. The number of nitriles is 1. The van der Waals surface area contributed by atoms with Crippen LogP contribution in [0.1, 0.15) is 25.3 Å². The first kappa shape index (κ1) is 11.6. The molecule has 94 valence electrons. The van der Waals surface area contributed by atoms with Crippen LogP contribution >= 0.6 is 0 Å². The minimum Gasteiger partial charge on any atom is -0.366 e. The second-order valence-corrected chi connectivity index (χ2v) is 5.46. The smallest absolute Gasteiger partial charge is 0.113 e. The van der Waals surface area contributed by atoms with Crippen molar-refractivity contribution in [3.8, 4) is 6.07 Å². The van der Waals surface area contributed by atoms with Gasteiger partial charge in [0.25, 0.3) is 0 Å². The van der Waals surface area contributed by atoms with Crippen LogP contribution in [-0.4, -0.2) is 24.7 Å². The number of hydrogen-bond donors (Lipinski definition) is 1. The molecule has 0 saturated heterocycles. The van der Waals surface area contributed by atoms with Gasteiger partial charge in [-0.25, -0.2) is 0 Å². The van der Waals surface area contributed by atoms with E-state index in [1.165, 1.54) is 24.1 Å². The molecule has 0 bridgehead atoms. The van der Waals surface area contributed by atoms with E-state index in [-0.39, 0.29) is 6.04 Å². The molecule has 3 nitrogen and oxygen atoms in total. The number of hydrogen-bond acceptors (Lipinski definition) is 3. The molecule has 1 saturated carbocycles. The molecule has 2 aliphatic rings. The van der Waals surface area contributed by atoms with Crippen molar-refractivity contribution >= 4 is 5.69 Å². The van der Waals surface area contributed by atoms with E-state index in [1.807, 2.05) is 0 Å². The minimum absolute atomic E-state index is 0.0499. The molecule has 18 heavy (non-hydrogen) atoms. The normalized spacial score (nSPS) is 23.6. The lowest BCUT2D eigenvalue weighted by molar-refractivity contribution is 0.556. The topological polar surface area (TPSA) is 39.1 Å². The van der Waals surface area contributed by atoms with Crippen LogP contribution in [0, 0.1) is 11.3 Å². The molecule has 1 aliphatic heterocycles. The summed E-state index contributed by atoms with van der Waals surface area (Å²) in [7, 11) is 0. The number of fused-ring (bicyclic) bond motifs is 1. The van der Waals surface area contributed by atoms with E-state index in [0.717, 1.165) is 13.0 Å². The summed E-state index contributed by atoms with van der Waals surface area (Å²) in [5, 5.41) is 12.7. The maximum absolute atomic E-state index is 9.26. The molecule has 1 aromatic carbocycles. The first-order chi connectivity index (χ1) is 8.78. The van der Waals surface area contributed by atoms with E-state index < -0.39 is 0 Å². The van der Waals surface area contributed by atoms with Crippen molar-refractivity contribution in [2.24, 2.45) is 0 Å². The fourth-order valence-electron chi connectivity index (χ4n) is 2.77. The van der Waals surface area contributed by atoms with Crippen molar-refractivity contribution in [1.82, 2.24) is 5.32 Å². The zero-order valence-electron chi connectivity index (χ0n) is 10.8. The Hall–Kier alpha value is -1.53. The van der Waals surface area contributed by atoms with Gasteiger partial charge in [-0.1, -0.05) is 18.2 Å². The van der Waals surface area contributed by atoms with Crippen molar-refractivity contribution in [3.63, 3.8) is 0 Å². The Bertz CT molecular complexity index is 473. The molecule has 0 spiro atoms. The number of nitrogens with one attached hydrogen (secondary N) is 1. The van der Waals surface area contributed by atoms with Crippen molar-refractivity contribution in [3.05, 3.63) is 29.8 Å². The van der Waals surface area contributed by atoms with Crippen LogP contribution in [0.3, 0.4) is 0 Å². The molecule has 1 N–H and O–H groups in total. The Morgan fingerprint density at radius 2 is 2.22 bits per heavy atom. The highest BCUT2D eigenvalue weighted by Gasteiger charge is 2.30. The van der Waals surface area contributed by atoms with Gasteiger partial charge in [-0.2, -0.15) is 5.26 Å². The molecule has 3 heteroatoms. The summed E-state index contributed by atoms with van der Waals surface area (Å²) in [6.45, 7) is 3.04. The van der Waals surface area contributed by atoms with Crippen LogP contribution in [0.2, 0.25) is 0 Å². The van der Waals surface area contributed by atoms with Gasteiger partial charge >= 0.3 is 0 Å². The fourth-order valence-corrected chi connectivity index (χ4v) is 2.77. The van der Waals surface area contributed by atoms with Crippen LogP contribution in [0.15, 0.2) is 24.3 Å². The minimum atomic E-state index is -0.0499. The lowest BCUT2D eigenvalue weighted by Crippen LogP contribution is -2.43. The Balaban J connectivity index is 1.73. The molecule has 0 amide bonds. The molecule has 1 heterocycles. The van der Waals surface area contributed by atoms with Crippen LogP contribution in [0.5, 0.6) is 0 Å². The van der Waals surface area contributed by atoms with E-state index in [4.69, 9.17) is 0 Å². The number of benzene rings is 1. The maximum Gasteiger partial charge on any atom is 0.113 e. The van der Waals surface area contributed by atoms with E-state index in [9.17, 15) is 5.26 Å². The molecule has 0 radical (unpaired) electrons. The zero-order chi connectivity index (χ0) is 12.5. The largest absolute Gasteiger partial charge is 0.366 e. The summed E-state index contributed by atoms with van der Waals surface area (Å²) >= 11 is 0. The van der Waals surface area contributed by atoms with Gasteiger partial charge in [0, 0.05) is 24.3 Å². The zero-order valence-corrected chi connectivity index (χ0v) is 10.8. The second kappa shape index (κ2) is 4.62. The summed E-state index contributed by atoms with van der Waals surface area (Å²) in [5.41, 5.74) is 2.72. The quantitative estimate of drug-likeness (QED) is 0.877. The average molecular weight is 241 g/mol. The predicted molar refractivity (Wildman–Crippen MR) is 72.5 cm³/mol. The summed E-state index contributed by atoms with van der Waals surface area (Å²) in [6, 6.07) is 12.0. The second-order valence-electron chi connectivity index (χ2n) is 5.46. The number of nitrogens with zero attached hydrogens (tertiary/aromatic N) is 2. The molecule has 2 unspecified atom stereocenters. The molecule has 2 atom stereocenters. The van der Waals surface area contributed by atoms with Crippen molar-refractivity contribution < 1.29 is 0 Å². The van der Waals surface area contributed by atoms with Crippen LogP contribution < -0.4 is 10.2 Å². The SMILES string of the molecule is CC1Cc2ccccc2N1CC(C#N)NC1CC1. The van der Waals surface area contributed by atoms with Crippen LogP contribution in [0.25, 0.3) is 0 Å². The highest BCUT2D eigenvalue weighted by Crippen LogP contribution is 2.32. The first-order valence-corrected chi connectivity index (χ1v) is 6.78. The van der Waals surface area contributed by atoms with Crippen LogP contribution in [-0.2, 0) is 6.42 Å². The molecule has 3 rings (SSSR count). The van der Waals surface area contributed by atoms with E-state index in [1.54, 1.807) is 0 Å². The predicted octanol–water partition coefficient (Wildman–Crippen LogP) is 2.08. The van der Waals surface area contributed by atoms with Gasteiger partial charge in [0.2, 0.25) is 0 Å². The van der Waals surface area contributed by atoms with Crippen molar-refractivity contribution in [2.75, 3.05) is 11.4 Å². The van der Waals surface area contributed by atoms with Gasteiger partial charge in [0.05, 0.1) is 6.07 Å². The lowest BCUT2D eigenvalue weighted by Gasteiger charge is -2.27. The summed E-state index contributed by atoms with van der Waals surface area (Å²) in [6.07, 6.45) is 3.55. The van der Waals surface area contributed by atoms with Gasteiger partial charge in [-0.3, -0.25) is 5.32 Å².